The second-order valence-electron chi connectivity index (χ2n) is 5.13. The van der Waals surface area contributed by atoms with Crippen LogP contribution in [0.5, 0.6) is 0 Å². The Hall–Kier alpha value is -2.32. The predicted molar refractivity (Wildman–Crippen MR) is 87.8 cm³/mol. The highest BCUT2D eigenvalue weighted by atomic mass is 35.5. The van der Waals surface area contributed by atoms with Gasteiger partial charge in [0, 0.05) is 34.1 Å². The van der Waals surface area contributed by atoms with Crippen LogP contribution in [-0.2, 0) is 6.54 Å². The highest BCUT2D eigenvalue weighted by molar-refractivity contribution is 6.30. The molecular formula is C18H13ClN2. The molecule has 0 fully saturated rings. The van der Waals surface area contributed by atoms with Crippen molar-refractivity contribution in [3.63, 3.8) is 0 Å². The van der Waals surface area contributed by atoms with E-state index in [1.54, 1.807) is 0 Å². The fraction of sp³-hybridized carbons (Fsp3) is 0.0556. The molecule has 2 heterocycles. The van der Waals surface area contributed by atoms with Crippen molar-refractivity contribution in [3.05, 3.63) is 77.6 Å². The molecule has 0 atom stereocenters. The van der Waals surface area contributed by atoms with E-state index in [9.17, 15) is 0 Å². The summed E-state index contributed by atoms with van der Waals surface area (Å²) in [5.74, 6) is 0. The van der Waals surface area contributed by atoms with Gasteiger partial charge in [0.05, 0.1) is 11.7 Å². The predicted octanol–water partition coefficient (Wildman–Crippen LogP) is 4.89. The van der Waals surface area contributed by atoms with E-state index in [1.807, 2.05) is 30.6 Å². The second-order valence-corrected chi connectivity index (χ2v) is 5.56. The van der Waals surface area contributed by atoms with Gasteiger partial charge in [0.2, 0.25) is 0 Å². The fourth-order valence-corrected chi connectivity index (χ4v) is 3.10. The lowest BCUT2D eigenvalue weighted by molar-refractivity contribution is 0.867. The van der Waals surface area contributed by atoms with Crippen LogP contribution in [0.1, 0.15) is 5.56 Å². The van der Waals surface area contributed by atoms with Gasteiger partial charge < -0.3 is 4.57 Å². The minimum absolute atomic E-state index is 0.770. The van der Waals surface area contributed by atoms with Gasteiger partial charge in [-0.3, -0.25) is 4.98 Å². The van der Waals surface area contributed by atoms with Crippen molar-refractivity contribution >= 4 is 33.4 Å². The average Bonchev–Trinajstić information content (AvgIpc) is 2.83. The molecule has 0 aliphatic carbocycles. The minimum atomic E-state index is 0.770. The molecular weight excluding hydrogens is 280 g/mol. The first-order chi connectivity index (χ1) is 10.3. The average molecular weight is 293 g/mol. The Morgan fingerprint density at radius 2 is 1.76 bits per heavy atom. The number of para-hydroxylation sites is 1. The molecule has 0 bridgehead atoms. The summed E-state index contributed by atoms with van der Waals surface area (Å²) in [6.07, 6.45) is 3.78. The number of halogens is 1. The quantitative estimate of drug-likeness (QED) is 0.514. The summed E-state index contributed by atoms with van der Waals surface area (Å²) in [7, 11) is 0. The van der Waals surface area contributed by atoms with E-state index in [0.717, 1.165) is 17.1 Å². The van der Waals surface area contributed by atoms with Crippen LogP contribution in [0.2, 0.25) is 5.02 Å². The van der Waals surface area contributed by atoms with Crippen LogP contribution in [0.4, 0.5) is 0 Å². The van der Waals surface area contributed by atoms with Crippen LogP contribution in [0.25, 0.3) is 21.8 Å². The number of rotatable bonds is 2. The lowest BCUT2D eigenvalue weighted by Crippen LogP contribution is -1.99. The van der Waals surface area contributed by atoms with Gasteiger partial charge in [0.15, 0.2) is 0 Å². The fourth-order valence-electron chi connectivity index (χ4n) is 2.88. The Bertz CT molecular complexity index is 887. The van der Waals surface area contributed by atoms with Crippen LogP contribution in [0.15, 0.2) is 67.0 Å². The Balaban J connectivity index is 1.97. The maximum atomic E-state index is 6.10. The molecule has 0 spiro atoms. The van der Waals surface area contributed by atoms with E-state index in [1.165, 1.54) is 21.9 Å². The molecule has 2 aromatic carbocycles. The molecule has 4 aromatic rings. The van der Waals surface area contributed by atoms with Gasteiger partial charge in [0.1, 0.15) is 0 Å². The Labute approximate surface area is 127 Å². The monoisotopic (exact) mass is 292 g/mol. The number of hydrogen-bond donors (Lipinski definition) is 0. The molecule has 0 saturated carbocycles. The smallest absolute Gasteiger partial charge is 0.0680 e. The SMILES string of the molecule is Clc1cccc(Cn2c3ccccc3c3ccncc32)c1. The summed E-state index contributed by atoms with van der Waals surface area (Å²) in [5.41, 5.74) is 3.56. The van der Waals surface area contributed by atoms with Gasteiger partial charge in [-0.15, -0.1) is 0 Å². The zero-order valence-corrected chi connectivity index (χ0v) is 12.1. The molecule has 3 heteroatoms. The van der Waals surface area contributed by atoms with Gasteiger partial charge in [0.25, 0.3) is 0 Å². The number of fused-ring (bicyclic) bond motifs is 3. The summed E-state index contributed by atoms with van der Waals surface area (Å²) in [6.45, 7) is 0.788. The third-order valence-electron chi connectivity index (χ3n) is 3.81. The highest BCUT2D eigenvalue weighted by Crippen LogP contribution is 2.29. The Morgan fingerprint density at radius 3 is 2.67 bits per heavy atom. The van der Waals surface area contributed by atoms with Gasteiger partial charge in [-0.2, -0.15) is 0 Å². The third-order valence-corrected chi connectivity index (χ3v) is 4.04. The van der Waals surface area contributed by atoms with Gasteiger partial charge in [-0.05, 0) is 29.8 Å². The molecule has 0 aliphatic heterocycles. The Morgan fingerprint density at radius 1 is 0.905 bits per heavy atom. The highest BCUT2D eigenvalue weighted by Gasteiger charge is 2.10. The van der Waals surface area contributed by atoms with E-state index >= 15 is 0 Å². The molecule has 0 radical (unpaired) electrons. The third kappa shape index (κ3) is 2.08. The number of nitrogens with zero attached hydrogens (tertiary/aromatic N) is 2. The standard InChI is InChI=1S/C18H13ClN2/c19-14-5-3-4-13(10-14)12-21-17-7-2-1-6-15(17)16-8-9-20-11-18(16)21/h1-11H,12H2. The zero-order valence-electron chi connectivity index (χ0n) is 11.3. The normalized spacial score (nSPS) is 11.3. The van der Waals surface area contributed by atoms with Gasteiger partial charge in [-0.25, -0.2) is 0 Å². The molecule has 0 N–H and O–H groups in total. The van der Waals surface area contributed by atoms with Crippen LogP contribution >= 0.6 is 11.6 Å². The van der Waals surface area contributed by atoms with E-state index in [0.29, 0.717) is 0 Å². The minimum Gasteiger partial charge on any atom is -0.335 e. The number of pyridine rings is 1. The lowest BCUT2D eigenvalue weighted by atomic mass is 10.2. The van der Waals surface area contributed by atoms with Crippen molar-refractivity contribution in [3.8, 4) is 0 Å². The van der Waals surface area contributed by atoms with E-state index < -0.39 is 0 Å². The summed E-state index contributed by atoms with van der Waals surface area (Å²) in [4.78, 5) is 4.28. The van der Waals surface area contributed by atoms with Gasteiger partial charge >= 0.3 is 0 Å². The maximum absolute atomic E-state index is 6.10. The van der Waals surface area contributed by atoms with Crippen molar-refractivity contribution in [1.29, 1.82) is 0 Å². The Kier molecular flexibility index (Phi) is 2.90. The van der Waals surface area contributed by atoms with Crippen LogP contribution in [0.3, 0.4) is 0 Å². The first kappa shape index (κ1) is 12.4. The van der Waals surface area contributed by atoms with Crippen molar-refractivity contribution in [2.45, 2.75) is 6.54 Å². The second kappa shape index (κ2) is 4.90. The number of hydrogen-bond acceptors (Lipinski definition) is 1. The first-order valence-electron chi connectivity index (χ1n) is 6.88. The zero-order chi connectivity index (χ0) is 14.2. The molecule has 21 heavy (non-hydrogen) atoms. The maximum Gasteiger partial charge on any atom is 0.0680 e. The molecule has 0 aliphatic rings. The molecule has 0 amide bonds. The topological polar surface area (TPSA) is 17.8 Å². The van der Waals surface area contributed by atoms with Gasteiger partial charge in [-0.1, -0.05) is 41.9 Å². The van der Waals surface area contributed by atoms with Crippen molar-refractivity contribution in [1.82, 2.24) is 9.55 Å². The molecule has 102 valence electrons. The van der Waals surface area contributed by atoms with E-state index in [4.69, 9.17) is 11.6 Å². The van der Waals surface area contributed by atoms with E-state index in [-0.39, 0.29) is 0 Å². The van der Waals surface area contributed by atoms with E-state index in [2.05, 4.69) is 45.9 Å². The summed E-state index contributed by atoms with van der Waals surface area (Å²) in [5, 5.41) is 3.27. The number of aromatic nitrogens is 2. The van der Waals surface area contributed by atoms with Crippen molar-refractivity contribution in [2.24, 2.45) is 0 Å². The molecule has 4 rings (SSSR count). The summed E-state index contributed by atoms with van der Waals surface area (Å²) in [6, 6.07) is 18.5. The molecule has 2 aromatic heterocycles. The van der Waals surface area contributed by atoms with Crippen LogP contribution < -0.4 is 0 Å². The summed E-state index contributed by atoms with van der Waals surface area (Å²) >= 11 is 6.10. The van der Waals surface area contributed by atoms with Crippen LogP contribution in [-0.4, -0.2) is 9.55 Å². The van der Waals surface area contributed by atoms with Crippen molar-refractivity contribution < 1.29 is 0 Å². The molecule has 2 nitrogen and oxygen atoms in total. The molecule has 0 unspecified atom stereocenters. The summed E-state index contributed by atoms with van der Waals surface area (Å²) < 4.78 is 2.29. The first-order valence-corrected chi connectivity index (χ1v) is 7.26. The van der Waals surface area contributed by atoms with Crippen molar-refractivity contribution in [2.75, 3.05) is 0 Å². The molecule has 0 saturated heterocycles. The lowest BCUT2D eigenvalue weighted by Gasteiger charge is -2.07. The van der Waals surface area contributed by atoms with Crippen LogP contribution in [0, 0.1) is 0 Å². The number of benzene rings is 2. The largest absolute Gasteiger partial charge is 0.335 e.